The summed E-state index contributed by atoms with van der Waals surface area (Å²) in [6, 6.07) is 16.4. The molecule has 0 saturated heterocycles. The van der Waals surface area contributed by atoms with Crippen LogP contribution in [0.2, 0.25) is 0 Å². The lowest BCUT2D eigenvalue weighted by atomic mass is 9.70. The van der Waals surface area contributed by atoms with Crippen molar-refractivity contribution < 1.29 is 13.5 Å². The van der Waals surface area contributed by atoms with Gasteiger partial charge in [0.1, 0.15) is 11.3 Å². The molecule has 10 heteroatoms. The zero-order chi connectivity index (χ0) is 22.6. The molecule has 0 radical (unpaired) electrons. The van der Waals surface area contributed by atoms with E-state index in [-0.39, 0.29) is 5.75 Å². The highest BCUT2D eigenvalue weighted by Crippen LogP contribution is 2.29. The molecule has 2 aromatic carbocycles. The summed E-state index contributed by atoms with van der Waals surface area (Å²) in [5, 5.41) is 16.5. The fourth-order valence-electron chi connectivity index (χ4n) is 2.66. The number of alkyl halides is 2. The molecule has 158 valence electrons. The van der Waals surface area contributed by atoms with Crippen LogP contribution in [0.5, 0.6) is 5.75 Å². The molecule has 0 amide bonds. The van der Waals surface area contributed by atoms with Gasteiger partial charge in [-0.2, -0.15) is 14.9 Å². The van der Waals surface area contributed by atoms with Gasteiger partial charge >= 0.3 is 0 Å². The van der Waals surface area contributed by atoms with Gasteiger partial charge in [-0.1, -0.05) is 29.8 Å². The predicted molar refractivity (Wildman–Crippen MR) is 121 cm³/mol. The fourth-order valence-corrected chi connectivity index (χ4v) is 2.66. The van der Waals surface area contributed by atoms with Crippen molar-refractivity contribution in [2.45, 2.75) is 31.6 Å². The van der Waals surface area contributed by atoms with Crippen LogP contribution in [0.25, 0.3) is 17.1 Å². The molecule has 3 rings (SSSR count). The Morgan fingerprint density at radius 1 is 1.13 bits per heavy atom. The van der Waals surface area contributed by atoms with E-state index in [4.69, 9.17) is 10.00 Å². The monoisotopic (exact) mass is 421 g/mol. The average molecular weight is 421 g/mol. The van der Waals surface area contributed by atoms with E-state index >= 15 is 0 Å². The van der Waals surface area contributed by atoms with Crippen molar-refractivity contribution in [1.29, 1.82) is 5.26 Å². The van der Waals surface area contributed by atoms with Gasteiger partial charge in [0, 0.05) is 12.1 Å². The summed E-state index contributed by atoms with van der Waals surface area (Å²) in [7, 11) is 2.19. The summed E-state index contributed by atoms with van der Waals surface area (Å²) in [6.45, 7) is 3.54. The smallest absolute Gasteiger partial charge is 0.229 e. The number of nitrogens with zero attached hydrogens (tertiary/aromatic N) is 4. The summed E-state index contributed by atoms with van der Waals surface area (Å²) < 4.78 is 35.3. The van der Waals surface area contributed by atoms with Gasteiger partial charge in [-0.15, -0.1) is 5.10 Å². The highest BCUT2D eigenvalue weighted by Gasteiger charge is 2.43. The normalized spacial score (nSPS) is 14.8. The van der Waals surface area contributed by atoms with Crippen molar-refractivity contribution in [3.8, 4) is 28.9 Å². The van der Waals surface area contributed by atoms with Crippen molar-refractivity contribution in [2.24, 2.45) is 0 Å². The van der Waals surface area contributed by atoms with E-state index < -0.39 is 11.3 Å². The molecular weight excluding hydrogens is 398 g/mol. The number of nitrogens with one attached hydrogen (secondary N) is 1. The number of hydrogen-bond donors (Lipinski definition) is 1. The zero-order valence-corrected chi connectivity index (χ0v) is 18.0. The van der Waals surface area contributed by atoms with Crippen LogP contribution in [-0.4, -0.2) is 48.3 Å². The third kappa shape index (κ3) is 5.23. The molecule has 0 aliphatic rings. The molecule has 1 aromatic heterocycles. The predicted octanol–water partition coefficient (Wildman–Crippen LogP) is 2.52. The number of aryl methyl sites for hydroxylation is 1. The van der Waals surface area contributed by atoms with Crippen molar-refractivity contribution in [2.75, 3.05) is 11.9 Å². The van der Waals surface area contributed by atoms with Crippen LogP contribution in [0.1, 0.15) is 18.9 Å². The molecule has 0 aliphatic carbocycles. The van der Waals surface area contributed by atoms with E-state index in [0.29, 0.717) is 30.4 Å². The fraction of sp³-hybridized carbons (Fsp3) is 0.286. The Kier molecular flexibility index (Phi) is 6.34. The van der Waals surface area contributed by atoms with E-state index in [9.17, 15) is 8.78 Å². The maximum absolute atomic E-state index is 14.5. The maximum atomic E-state index is 14.5. The first-order chi connectivity index (χ1) is 14.6. The van der Waals surface area contributed by atoms with Crippen molar-refractivity contribution >= 4 is 21.6 Å². The molecule has 0 bridgehead atoms. The van der Waals surface area contributed by atoms with Crippen LogP contribution in [0.4, 0.5) is 14.7 Å². The minimum atomic E-state index is -2.48. The first-order valence-corrected chi connectivity index (χ1v) is 9.93. The summed E-state index contributed by atoms with van der Waals surface area (Å²) in [4.78, 5) is 4.56. The SMILES string of the molecule is BC(C)(F)C(B)(F)Oc1ccc(-n2nc(-c3ccc(C)cc3)nc2NCCC#N)cc1. The molecule has 2 atom stereocenters. The molecule has 1 N–H and O–H groups in total. The Balaban J connectivity index is 1.91. The third-order valence-electron chi connectivity index (χ3n) is 4.89. The summed E-state index contributed by atoms with van der Waals surface area (Å²) in [6.07, 6.45) is 0.313. The second-order valence-corrected chi connectivity index (χ2v) is 7.86. The van der Waals surface area contributed by atoms with Crippen LogP contribution in [0.3, 0.4) is 0 Å². The first kappa shape index (κ1) is 22.3. The second kappa shape index (κ2) is 8.80. The second-order valence-electron chi connectivity index (χ2n) is 7.86. The first-order valence-electron chi connectivity index (χ1n) is 9.93. The van der Waals surface area contributed by atoms with Gasteiger partial charge < -0.3 is 10.1 Å². The topological polar surface area (TPSA) is 75.8 Å². The molecule has 0 spiro atoms. The number of halogens is 2. The minimum Gasteiger partial charge on any atom is -0.464 e. The Labute approximate surface area is 182 Å². The highest BCUT2D eigenvalue weighted by atomic mass is 19.2. The average Bonchev–Trinajstić information content (AvgIpc) is 3.12. The number of ether oxygens (including phenoxy) is 1. The van der Waals surface area contributed by atoms with Crippen LogP contribution >= 0.6 is 0 Å². The minimum absolute atomic E-state index is 0.192. The van der Waals surface area contributed by atoms with Crippen LogP contribution in [0, 0.1) is 18.3 Å². The lowest BCUT2D eigenvalue weighted by molar-refractivity contribution is -0.0619. The van der Waals surface area contributed by atoms with Crippen LogP contribution in [0.15, 0.2) is 48.5 Å². The van der Waals surface area contributed by atoms with E-state index in [1.54, 1.807) is 28.9 Å². The number of nitriles is 1. The summed E-state index contributed by atoms with van der Waals surface area (Å²) in [5.41, 5.74) is 0.462. The van der Waals surface area contributed by atoms with E-state index in [0.717, 1.165) is 33.7 Å². The van der Waals surface area contributed by atoms with Crippen molar-refractivity contribution in [3.63, 3.8) is 0 Å². The van der Waals surface area contributed by atoms with E-state index in [1.165, 1.54) is 0 Å². The van der Waals surface area contributed by atoms with Gasteiger partial charge in [0.05, 0.1) is 18.2 Å². The molecule has 2 unspecified atom stereocenters. The quantitative estimate of drug-likeness (QED) is 0.447. The molecule has 0 fully saturated rings. The molecule has 31 heavy (non-hydrogen) atoms. The molecule has 0 aliphatic heterocycles. The number of hydrogen-bond acceptors (Lipinski definition) is 5. The molecular formula is C21H23B2F2N5O. The van der Waals surface area contributed by atoms with Gasteiger partial charge in [0.25, 0.3) is 0 Å². The highest BCUT2D eigenvalue weighted by molar-refractivity contribution is 6.24. The van der Waals surface area contributed by atoms with E-state index in [1.807, 2.05) is 31.2 Å². The van der Waals surface area contributed by atoms with Gasteiger partial charge in [-0.25, -0.2) is 8.78 Å². The molecule has 3 aromatic rings. The van der Waals surface area contributed by atoms with Crippen LogP contribution < -0.4 is 10.1 Å². The number of benzene rings is 2. The standard InChI is InChI=1S/C21H23B2F2N5O/c1-14-4-6-15(7-5-14)18-28-19(27-13-3-12-26)30(29-18)16-8-10-17(11-9-16)31-21(23,25)20(2,22)24/h4-11H,3,13,22-23H2,1-2H3,(H,27,28,29). The summed E-state index contributed by atoms with van der Waals surface area (Å²) in [5.74, 6) is -1.29. The van der Waals surface area contributed by atoms with Crippen molar-refractivity contribution in [3.05, 3.63) is 54.1 Å². The largest absolute Gasteiger partial charge is 0.464 e. The Hall–Kier alpha value is -3.34. The number of anilines is 1. The van der Waals surface area contributed by atoms with Gasteiger partial charge in [-0.05, 0) is 38.1 Å². The van der Waals surface area contributed by atoms with E-state index in [2.05, 4.69) is 21.5 Å². The van der Waals surface area contributed by atoms with Gasteiger partial charge in [0.15, 0.2) is 13.7 Å². The van der Waals surface area contributed by atoms with Gasteiger partial charge in [-0.3, -0.25) is 0 Å². The van der Waals surface area contributed by atoms with Gasteiger partial charge in [0.2, 0.25) is 19.5 Å². The summed E-state index contributed by atoms with van der Waals surface area (Å²) >= 11 is 0. The maximum Gasteiger partial charge on any atom is 0.229 e. The Morgan fingerprint density at radius 3 is 2.35 bits per heavy atom. The zero-order valence-electron chi connectivity index (χ0n) is 18.0. The lowest BCUT2D eigenvalue weighted by Crippen LogP contribution is -2.51. The molecule has 6 nitrogen and oxygen atoms in total. The number of rotatable bonds is 8. The Morgan fingerprint density at radius 2 is 1.77 bits per heavy atom. The molecule has 1 heterocycles. The lowest BCUT2D eigenvalue weighted by Gasteiger charge is -2.32. The Bertz CT molecular complexity index is 1070. The molecule has 0 saturated carbocycles. The third-order valence-corrected chi connectivity index (χ3v) is 4.89. The van der Waals surface area contributed by atoms with Crippen molar-refractivity contribution in [1.82, 2.24) is 14.8 Å². The van der Waals surface area contributed by atoms with Crippen LogP contribution in [-0.2, 0) is 0 Å². The number of aromatic nitrogens is 3.